The van der Waals surface area contributed by atoms with Crippen LogP contribution in [0.4, 0.5) is 11.9 Å². The van der Waals surface area contributed by atoms with Crippen LogP contribution in [0.2, 0.25) is 0 Å². The molecule has 1 heterocycles. The van der Waals surface area contributed by atoms with Crippen LogP contribution in [-0.4, -0.2) is 32.9 Å². The zero-order chi connectivity index (χ0) is 12.7. The zero-order valence-corrected chi connectivity index (χ0v) is 10.2. The lowest BCUT2D eigenvalue weighted by molar-refractivity contribution is 0.511. The minimum atomic E-state index is -2.95. The molecule has 1 unspecified atom stereocenters. The van der Waals surface area contributed by atoms with Crippen LogP contribution in [0.15, 0.2) is 25.3 Å². The quantitative estimate of drug-likeness (QED) is 0.471. The van der Waals surface area contributed by atoms with Crippen LogP contribution in [0.5, 0.6) is 0 Å². The van der Waals surface area contributed by atoms with E-state index in [2.05, 4.69) is 38.7 Å². The van der Waals surface area contributed by atoms with Gasteiger partial charge in [-0.15, -0.1) is 13.2 Å². The fourth-order valence-electron chi connectivity index (χ4n) is 0.957. The number of nitrogens with one attached hydrogen (secondary N) is 2. The molecule has 1 rings (SSSR count). The van der Waals surface area contributed by atoms with E-state index in [9.17, 15) is 4.57 Å². The SMILES string of the molecule is C=CCNc1nc(NCC=C)nc([PH](=O)O)n1. The Morgan fingerprint density at radius 3 is 1.94 bits per heavy atom. The lowest BCUT2D eigenvalue weighted by Gasteiger charge is -2.06. The predicted molar refractivity (Wildman–Crippen MR) is 68.1 cm³/mol. The molecule has 0 aliphatic heterocycles. The average molecular weight is 255 g/mol. The van der Waals surface area contributed by atoms with Crippen LogP contribution >= 0.6 is 8.03 Å². The zero-order valence-electron chi connectivity index (χ0n) is 9.18. The van der Waals surface area contributed by atoms with Crippen LogP contribution in [0, 0.1) is 0 Å². The predicted octanol–water partition coefficient (Wildman–Crippen LogP) is 0.160. The van der Waals surface area contributed by atoms with E-state index in [-0.39, 0.29) is 17.5 Å². The minimum Gasteiger partial charge on any atom is -0.351 e. The van der Waals surface area contributed by atoms with Gasteiger partial charge >= 0.3 is 0 Å². The van der Waals surface area contributed by atoms with E-state index in [0.717, 1.165) is 0 Å². The topological polar surface area (TPSA) is 100 Å². The van der Waals surface area contributed by atoms with Crippen molar-refractivity contribution in [3.05, 3.63) is 25.3 Å². The molecule has 0 bridgehead atoms. The van der Waals surface area contributed by atoms with Crippen molar-refractivity contribution in [2.75, 3.05) is 23.7 Å². The second kappa shape index (κ2) is 6.78. The molecule has 1 aromatic heterocycles. The van der Waals surface area contributed by atoms with Gasteiger partial charge in [-0.25, -0.2) is 0 Å². The summed E-state index contributed by atoms with van der Waals surface area (Å²) < 4.78 is 11.0. The monoisotopic (exact) mass is 255 g/mol. The normalized spacial score (nSPS) is 11.6. The lowest BCUT2D eigenvalue weighted by atomic mass is 10.6. The maximum atomic E-state index is 11.0. The van der Waals surface area contributed by atoms with Gasteiger partial charge in [-0.1, -0.05) is 12.2 Å². The Morgan fingerprint density at radius 1 is 1.12 bits per heavy atom. The largest absolute Gasteiger partial charge is 0.351 e. The van der Waals surface area contributed by atoms with Crippen molar-refractivity contribution in [3.8, 4) is 0 Å². The average Bonchev–Trinajstić information content (AvgIpc) is 2.33. The standard InChI is InChI=1S/C9H14N5O2P/c1-3-5-10-7-12-8(11-6-4-2)14-9(13-7)17(15)16/h3-4,17H,1-2,5-6H2,(H,15,16)(H2,10,11,12,13,14). The van der Waals surface area contributed by atoms with Crippen molar-refractivity contribution in [2.45, 2.75) is 0 Å². The van der Waals surface area contributed by atoms with Gasteiger partial charge in [0.2, 0.25) is 17.5 Å². The Balaban J connectivity index is 2.95. The maximum Gasteiger partial charge on any atom is 0.254 e. The van der Waals surface area contributed by atoms with Crippen molar-refractivity contribution in [1.29, 1.82) is 0 Å². The molecule has 3 N–H and O–H groups in total. The fraction of sp³-hybridized carbons (Fsp3) is 0.222. The van der Waals surface area contributed by atoms with E-state index in [0.29, 0.717) is 13.1 Å². The Bertz CT molecular complexity index is 407. The van der Waals surface area contributed by atoms with Gasteiger partial charge in [-0.3, -0.25) is 4.57 Å². The van der Waals surface area contributed by atoms with Gasteiger partial charge < -0.3 is 15.5 Å². The molecule has 17 heavy (non-hydrogen) atoms. The Labute approximate surface area is 99.6 Å². The van der Waals surface area contributed by atoms with Crippen molar-refractivity contribution in [2.24, 2.45) is 0 Å². The molecule has 1 aromatic rings. The molecule has 0 amide bonds. The highest BCUT2D eigenvalue weighted by atomic mass is 31.1. The van der Waals surface area contributed by atoms with E-state index in [1.807, 2.05) is 0 Å². The van der Waals surface area contributed by atoms with Crippen LogP contribution in [0.25, 0.3) is 0 Å². The van der Waals surface area contributed by atoms with Gasteiger partial charge in [0.1, 0.15) is 0 Å². The summed E-state index contributed by atoms with van der Waals surface area (Å²) in [4.78, 5) is 20.7. The Hall–Kier alpha value is -1.72. The summed E-state index contributed by atoms with van der Waals surface area (Å²) in [6.07, 6.45) is 3.25. The van der Waals surface area contributed by atoms with Crippen molar-refractivity contribution in [1.82, 2.24) is 15.0 Å². The first-order valence-corrected chi connectivity index (χ1v) is 6.21. The number of hydrogen-bond acceptors (Lipinski definition) is 6. The van der Waals surface area contributed by atoms with E-state index in [1.54, 1.807) is 12.2 Å². The first kappa shape index (κ1) is 13.3. The second-order valence-electron chi connectivity index (χ2n) is 2.95. The molecule has 0 radical (unpaired) electrons. The van der Waals surface area contributed by atoms with Crippen molar-refractivity contribution < 1.29 is 9.46 Å². The van der Waals surface area contributed by atoms with Crippen LogP contribution in [0.3, 0.4) is 0 Å². The van der Waals surface area contributed by atoms with E-state index >= 15 is 0 Å². The van der Waals surface area contributed by atoms with Crippen molar-refractivity contribution >= 4 is 25.5 Å². The summed E-state index contributed by atoms with van der Waals surface area (Å²) in [6.45, 7) is 7.99. The molecule has 0 aromatic carbocycles. The second-order valence-corrected chi connectivity index (χ2v) is 4.01. The molecule has 0 fully saturated rings. The van der Waals surface area contributed by atoms with Crippen molar-refractivity contribution in [3.63, 3.8) is 0 Å². The van der Waals surface area contributed by atoms with Gasteiger partial charge in [0, 0.05) is 13.1 Å². The lowest BCUT2D eigenvalue weighted by Crippen LogP contribution is -2.18. The highest BCUT2D eigenvalue weighted by Crippen LogP contribution is 2.12. The molecule has 0 aliphatic rings. The van der Waals surface area contributed by atoms with Crippen LogP contribution < -0.4 is 16.2 Å². The first-order chi connectivity index (χ1) is 8.17. The van der Waals surface area contributed by atoms with Crippen LogP contribution in [0.1, 0.15) is 0 Å². The fourth-order valence-corrected chi connectivity index (χ4v) is 1.36. The number of hydrogen-bond donors (Lipinski definition) is 3. The minimum absolute atomic E-state index is 0.136. The third-order valence-electron chi connectivity index (χ3n) is 1.64. The van der Waals surface area contributed by atoms with Crippen LogP contribution in [-0.2, 0) is 4.57 Å². The first-order valence-electron chi connectivity index (χ1n) is 4.86. The number of rotatable bonds is 7. The van der Waals surface area contributed by atoms with Gasteiger partial charge in [-0.2, -0.15) is 15.0 Å². The molecule has 7 nitrogen and oxygen atoms in total. The molecule has 1 atom stereocenters. The summed E-state index contributed by atoms with van der Waals surface area (Å²) in [5.41, 5.74) is -0.136. The number of anilines is 2. The summed E-state index contributed by atoms with van der Waals surface area (Å²) in [5.74, 6) is 0.461. The summed E-state index contributed by atoms with van der Waals surface area (Å²) >= 11 is 0. The molecule has 0 aliphatic carbocycles. The van der Waals surface area contributed by atoms with E-state index in [1.165, 1.54) is 0 Å². The summed E-state index contributed by atoms with van der Waals surface area (Å²) in [6, 6.07) is 0. The Kier molecular flexibility index (Phi) is 5.32. The Morgan fingerprint density at radius 2 is 1.59 bits per heavy atom. The number of aromatic nitrogens is 3. The molecular formula is C9H14N5O2P. The van der Waals surface area contributed by atoms with E-state index in [4.69, 9.17) is 4.89 Å². The third kappa shape index (κ3) is 4.34. The molecule has 0 saturated heterocycles. The maximum absolute atomic E-state index is 11.0. The molecule has 0 spiro atoms. The molecule has 0 saturated carbocycles. The highest BCUT2D eigenvalue weighted by Gasteiger charge is 2.09. The van der Waals surface area contributed by atoms with Gasteiger partial charge in [0.15, 0.2) is 0 Å². The van der Waals surface area contributed by atoms with E-state index < -0.39 is 8.03 Å². The number of nitrogens with zero attached hydrogens (tertiary/aromatic N) is 3. The summed E-state index contributed by atoms with van der Waals surface area (Å²) in [5, 5.41) is 5.65. The van der Waals surface area contributed by atoms with Gasteiger partial charge in [0.05, 0.1) is 0 Å². The third-order valence-corrected chi connectivity index (χ3v) is 2.24. The molecule has 8 heteroatoms. The smallest absolute Gasteiger partial charge is 0.254 e. The van der Waals surface area contributed by atoms with Gasteiger partial charge in [0.25, 0.3) is 8.03 Å². The van der Waals surface area contributed by atoms with Gasteiger partial charge in [-0.05, 0) is 0 Å². The summed E-state index contributed by atoms with van der Waals surface area (Å²) in [7, 11) is -2.95. The molecular weight excluding hydrogens is 241 g/mol. The molecule has 92 valence electrons. The highest BCUT2D eigenvalue weighted by molar-refractivity contribution is 7.46.